The van der Waals surface area contributed by atoms with Gasteiger partial charge in [-0.3, -0.25) is 0 Å². The topological polar surface area (TPSA) is 23.8 Å². The summed E-state index contributed by atoms with van der Waals surface area (Å²) in [7, 11) is 0. The summed E-state index contributed by atoms with van der Waals surface area (Å²) in [5, 5.41) is 9.15. The molecule has 0 heterocycles. The van der Waals surface area contributed by atoms with Crippen LogP contribution in [0.4, 0.5) is 0 Å². The van der Waals surface area contributed by atoms with Crippen LogP contribution in [-0.2, 0) is 17.3 Å². The highest BCUT2D eigenvalue weighted by atomic mass is 14.4. The van der Waals surface area contributed by atoms with Crippen molar-refractivity contribution in [2.75, 3.05) is 0 Å². The Bertz CT molecular complexity index is 996. The Morgan fingerprint density at radius 3 is 2.26 bits per heavy atom. The molecule has 138 valence electrons. The van der Waals surface area contributed by atoms with Gasteiger partial charge in [0.15, 0.2) is 0 Å². The van der Waals surface area contributed by atoms with E-state index < -0.39 is 0 Å². The molecule has 0 atom stereocenters. The van der Waals surface area contributed by atoms with Crippen LogP contribution in [0.25, 0.3) is 11.6 Å². The van der Waals surface area contributed by atoms with E-state index in [4.69, 9.17) is 5.26 Å². The molecule has 2 aliphatic carbocycles. The van der Waals surface area contributed by atoms with Gasteiger partial charge in [0.05, 0.1) is 11.6 Å². The minimum Gasteiger partial charge on any atom is -0.192 e. The molecular weight excluding hydrogens is 326 g/mol. The molecule has 0 aromatic heterocycles. The van der Waals surface area contributed by atoms with E-state index in [0.717, 1.165) is 18.4 Å². The zero-order valence-electron chi connectivity index (χ0n) is 17.2. The molecule has 2 aliphatic rings. The van der Waals surface area contributed by atoms with Crippen molar-refractivity contribution in [3.05, 3.63) is 69.3 Å². The average molecular weight is 356 g/mol. The maximum absolute atomic E-state index is 9.15. The van der Waals surface area contributed by atoms with Gasteiger partial charge in [0.25, 0.3) is 0 Å². The van der Waals surface area contributed by atoms with Crippen LogP contribution in [0.1, 0.15) is 85.9 Å². The standard InChI is InChI=1S/C26H29N/c1-17-12-23-24(26(4,5)11-10-25(23,2)3)15-21(17)14-20-8-7-19-13-18(16-27)6-9-22(19)20/h6,9,12-15H,7-8,10-11H2,1-5H3. The molecule has 1 nitrogen and oxygen atoms in total. The third-order valence-corrected chi connectivity index (χ3v) is 6.81. The summed E-state index contributed by atoms with van der Waals surface area (Å²) in [5.41, 5.74) is 11.1. The Morgan fingerprint density at radius 1 is 0.926 bits per heavy atom. The molecule has 0 bridgehead atoms. The summed E-state index contributed by atoms with van der Waals surface area (Å²) >= 11 is 0. The number of hydrogen-bond donors (Lipinski definition) is 0. The average Bonchev–Trinajstić information content (AvgIpc) is 3.02. The fourth-order valence-corrected chi connectivity index (χ4v) is 4.82. The third kappa shape index (κ3) is 3.02. The predicted molar refractivity (Wildman–Crippen MR) is 114 cm³/mol. The van der Waals surface area contributed by atoms with Crippen molar-refractivity contribution in [2.45, 2.75) is 71.1 Å². The minimum absolute atomic E-state index is 0.237. The molecule has 0 saturated heterocycles. The van der Waals surface area contributed by atoms with Crippen molar-refractivity contribution < 1.29 is 0 Å². The SMILES string of the molecule is Cc1cc2c(cc1C=C1CCc3cc(C#N)ccc31)C(C)(C)CCC2(C)C. The van der Waals surface area contributed by atoms with Crippen LogP contribution in [0, 0.1) is 18.3 Å². The van der Waals surface area contributed by atoms with Gasteiger partial charge in [-0.15, -0.1) is 0 Å². The summed E-state index contributed by atoms with van der Waals surface area (Å²) in [6, 6.07) is 13.3. The van der Waals surface area contributed by atoms with Crippen LogP contribution in [0.15, 0.2) is 30.3 Å². The molecule has 1 heteroatoms. The van der Waals surface area contributed by atoms with Gasteiger partial charge < -0.3 is 0 Å². The molecule has 0 spiro atoms. The van der Waals surface area contributed by atoms with E-state index in [0.29, 0.717) is 0 Å². The smallest absolute Gasteiger partial charge is 0.0991 e. The number of hydrogen-bond acceptors (Lipinski definition) is 1. The summed E-state index contributed by atoms with van der Waals surface area (Å²) < 4.78 is 0. The summed E-state index contributed by atoms with van der Waals surface area (Å²) in [4.78, 5) is 0. The first kappa shape index (κ1) is 18.1. The van der Waals surface area contributed by atoms with Crippen LogP contribution in [0.5, 0.6) is 0 Å². The Kier molecular flexibility index (Phi) is 4.08. The number of benzene rings is 2. The highest BCUT2D eigenvalue weighted by Gasteiger charge is 2.37. The third-order valence-electron chi connectivity index (χ3n) is 6.81. The van der Waals surface area contributed by atoms with Crippen LogP contribution in [0.3, 0.4) is 0 Å². The molecule has 0 amide bonds. The summed E-state index contributed by atoms with van der Waals surface area (Å²) in [6.45, 7) is 11.8. The van der Waals surface area contributed by atoms with Crippen LogP contribution in [0.2, 0.25) is 0 Å². The first-order chi connectivity index (χ1) is 12.7. The lowest BCUT2D eigenvalue weighted by atomic mass is 9.62. The van der Waals surface area contributed by atoms with Crippen molar-refractivity contribution in [1.29, 1.82) is 5.26 Å². The Morgan fingerprint density at radius 2 is 1.59 bits per heavy atom. The van der Waals surface area contributed by atoms with Gasteiger partial charge in [-0.05, 0) is 94.5 Å². The quantitative estimate of drug-likeness (QED) is 0.558. The van der Waals surface area contributed by atoms with E-state index in [1.165, 1.54) is 51.8 Å². The molecule has 2 aromatic rings. The van der Waals surface area contributed by atoms with Crippen molar-refractivity contribution in [2.24, 2.45) is 0 Å². The number of allylic oxidation sites excluding steroid dienone is 1. The van der Waals surface area contributed by atoms with Crippen molar-refractivity contribution >= 4 is 11.6 Å². The summed E-state index contributed by atoms with van der Waals surface area (Å²) in [5.74, 6) is 0. The van der Waals surface area contributed by atoms with Crippen molar-refractivity contribution in [3.63, 3.8) is 0 Å². The van der Waals surface area contributed by atoms with Gasteiger partial charge in [-0.25, -0.2) is 0 Å². The second-order valence-corrected chi connectivity index (χ2v) is 9.68. The van der Waals surface area contributed by atoms with E-state index in [9.17, 15) is 0 Å². The molecule has 27 heavy (non-hydrogen) atoms. The highest BCUT2D eigenvalue weighted by molar-refractivity contribution is 5.86. The van der Waals surface area contributed by atoms with Crippen molar-refractivity contribution in [1.82, 2.24) is 0 Å². The molecule has 0 radical (unpaired) electrons. The van der Waals surface area contributed by atoms with Gasteiger partial charge in [0.2, 0.25) is 0 Å². The normalized spacial score (nSPS) is 20.8. The van der Waals surface area contributed by atoms with E-state index >= 15 is 0 Å². The second-order valence-electron chi connectivity index (χ2n) is 9.68. The number of rotatable bonds is 1. The van der Waals surface area contributed by atoms with Gasteiger partial charge in [0, 0.05) is 0 Å². The number of nitriles is 1. The highest BCUT2D eigenvalue weighted by Crippen LogP contribution is 2.47. The maximum atomic E-state index is 9.15. The van der Waals surface area contributed by atoms with Gasteiger partial charge in [0.1, 0.15) is 0 Å². The van der Waals surface area contributed by atoms with Gasteiger partial charge >= 0.3 is 0 Å². The molecule has 0 aliphatic heterocycles. The molecule has 0 fully saturated rings. The fraction of sp³-hybridized carbons (Fsp3) is 0.423. The van der Waals surface area contributed by atoms with Crippen molar-refractivity contribution in [3.8, 4) is 6.07 Å². The largest absolute Gasteiger partial charge is 0.192 e. The molecule has 0 saturated carbocycles. The van der Waals surface area contributed by atoms with Crippen LogP contribution in [-0.4, -0.2) is 0 Å². The fourth-order valence-electron chi connectivity index (χ4n) is 4.82. The lowest BCUT2D eigenvalue weighted by molar-refractivity contribution is 0.331. The van der Waals surface area contributed by atoms with Crippen LogP contribution < -0.4 is 0 Å². The van der Waals surface area contributed by atoms with Gasteiger partial charge in [-0.2, -0.15) is 5.26 Å². The van der Waals surface area contributed by atoms with Gasteiger partial charge in [-0.1, -0.05) is 52.0 Å². The number of nitrogens with zero attached hydrogens (tertiary/aromatic N) is 1. The van der Waals surface area contributed by atoms with E-state index in [1.807, 2.05) is 6.07 Å². The second kappa shape index (κ2) is 6.10. The lowest BCUT2D eigenvalue weighted by Gasteiger charge is -2.42. The minimum atomic E-state index is 0.237. The first-order valence-corrected chi connectivity index (χ1v) is 10.1. The molecule has 0 N–H and O–H groups in total. The Labute approximate surface area is 163 Å². The molecule has 2 aromatic carbocycles. The molecule has 0 unspecified atom stereocenters. The first-order valence-electron chi connectivity index (χ1n) is 10.1. The Hall–Kier alpha value is -2.33. The summed E-state index contributed by atoms with van der Waals surface area (Å²) in [6.07, 6.45) is 6.99. The molecular formula is C26H29N. The maximum Gasteiger partial charge on any atom is 0.0991 e. The Balaban J connectivity index is 1.82. The monoisotopic (exact) mass is 355 g/mol. The van der Waals surface area contributed by atoms with E-state index in [2.05, 4.69) is 71.0 Å². The number of fused-ring (bicyclic) bond motifs is 2. The predicted octanol–water partition coefficient (Wildman–Crippen LogP) is 6.70. The van der Waals surface area contributed by atoms with E-state index in [-0.39, 0.29) is 10.8 Å². The molecule has 4 rings (SSSR count). The van der Waals surface area contributed by atoms with Crippen LogP contribution >= 0.6 is 0 Å². The van der Waals surface area contributed by atoms with E-state index in [1.54, 1.807) is 0 Å². The zero-order valence-corrected chi connectivity index (χ0v) is 17.2. The number of aryl methyl sites for hydroxylation is 2. The zero-order chi connectivity index (χ0) is 19.4. The lowest BCUT2D eigenvalue weighted by Crippen LogP contribution is -2.34.